The molecule has 4 aliphatic rings. The first-order valence-electron chi connectivity index (χ1n) is 13.9. The highest BCUT2D eigenvalue weighted by molar-refractivity contribution is 6.28. The van der Waals surface area contributed by atoms with Crippen molar-refractivity contribution >= 4 is 45.3 Å². The maximum Gasteiger partial charge on any atom is 0.189 e. The van der Waals surface area contributed by atoms with E-state index < -0.39 is 0 Å². The van der Waals surface area contributed by atoms with E-state index in [1.54, 1.807) is 0 Å². The number of hydrogen-bond acceptors (Lipinski definition) is 2. The van der Waals surface area contributed by atoms with Crippen LogP contribution in [0.15, 0.2) is 72.3 Å². The summed E-state index contributed by atoms with van der Waals surface area (Å²) < 4.78 is 0. The van der Waals surface area contributed by atoms with Gasteiger partial charge in [-0.3, -0.25) is 4.79 Å². The summed E-state index contributed by atoms with van der Waals surface area (Å²) >= 11 is 0. The van der Waals surface area contributed by atoms with Crippen LogP contribution in [-0.4, -0.2) is 5.78 Å². The molecule has 1 unspecified atom stereocenters. The summed E-state index contributed by atoms with van der Waals surface area (Å²) in [5.41, 5.74) is 14.5. The minimum Gasteiger partial charge on any atom is -0.309 e. The molecule has 0 fully saturated rings. The molecule has 1 aliphatic heterocycles. The number of allylic oxidation sites excluding steroid dienone is 3. The van der Waals surface area contributed by atoms with Crippen LogP contribution >= 0.6 is 0 Å². The number of anilines is 3. The zero-order valence-electron chi connectivity index (χ0n) is 22.5. The zero-order chi connectivity index (χ0) is 25.9. The number of carbonyl (C=O) groups excluding carboxylic acids is 1. The van der Waals surface area contributed by atoms with Gasteiger partial charge in [-0.2, -0.15) is 0 Å². The number of carbonyl (C=O) groups is 1. The molecule has 0 saturated heterocycles. The van der Waals surface area contributed by atoms with E-state index in [4.69, 9.17) is 0 Å². The molecule has 0 spiro atoms. The van der Waals surface area contributed by atoms with Gasteiger partial charge in [0.15, 0.2) is 5.78 Å². The molecule has 186 valence electrons. The van der Waals surface area contributed by atoms with Crippen molar-refractivity contribution in [3.63, 3.8) is 0 Å². The van der Waals surface area contributed by atoms with Gasteiger partial charge >= 0.3 is 0 Å². The average molecular weight is 494 g/mol. The van der Waals surface area contributed by atoms with Crippen molar-refractivity contribution in [3.8, 4) is 0 Å². The smallest absolute Gasteiger partial charge is 0.189 e. The molecule has 0 N–H and O–H groups in total. The summed E-state index contributed by atoms with van der Waals surface area (Å²) in [6, 6.07) is 22.5. The Labute approximate surface area is 224 Å². The first-order chi connectivity index (χ1) is 18.3. The molecule has 0 aromatic heterocycles. The molecule has 4 aromatic rings. The topological polar surface area (TPSA) is 20.3 Å². The molecule has 1 atom stereocenters. The molecular formula is C36H31NO. The lowest BCUT2D eigenvalue weighted by Gasteiger charge is -2.43. The normalized spacial score (nSPS) is 20.1. The fourth-order valence-corrected chi connectivity index (χ4v) is 7.65. The van der Waals surface area contributed by atoms with E-state index in [1.165, 1.54) is 55.7 Å². The van der Waals surface area contributed by atoms with E-state index in [0.717, 1.165) is 41.5 Å². The predicted octanol–water partition coefficient (Wildman–Crippen LogP) is 9.34. The lowest BCUT2D eigenvalue weighted by atomic mass is 9.68. The highest BCUT2D eigenvalue weighted by Gasteiger charge is 2.40. The molecule has 4 aromatic carbocycles. The Balaban J connectivity index is 1.50. The number of ketones is 1. The Bertz CT molecular complexity index is 1760. The largest absolute Gasteiger partial charge is 0.309 e. The van der Waals surface area contributed by atoms with Gasteiger partial charge in [0.05, 0.1) is 17.1 Å². The summed E-state index contributed by atoms with van der Waals surface area (Å²) in [6.45, 7) is 9.06. The number of nitrogens with zero attached hydrogens (tertiary/aromatic N) is 1. The van der Waals surface area contributed by atoms with E-state index in [9.17, 15) is 4.79 Å². The molecule has 1 heterocycles. The first kappa shape index (κ1) is 22.1. The number of rotatable bonds is 1. The van der Waals surface area contributed by atoms with Gasteiger partial charge in [-0.15, -0.1) is 0 Å². The predicted molar refractivity (Wildman–Crippen MR) is 158 cm³/mol. The van der Waals surface area contributed by atoms with E-state index in [2.05, 4.69) is 99.3 Å². The number of hydrogen-bond donors (Lipinski definition) is 0. The standard InChI is InChI=1S/C36H31NO/c1-20-11-15-29-27(17-20)36(3,4)28-18-21(2)12-16-30(28)37(29)31-19-23-14-13-22-7-5-9-25-32(22)33(23)34-24(31)8-6-10-26(34)35(25)38/h6,8,10-19,22H,5,7,9H2,1-4H3. The summed E-state index contributed by atoms with van der Waals surface area (Å²) in [5.74, 6) is 0.605. The van der Waals surface area contributed by atoms with Crippen LogP contribution in [-0.2, 0) is 5.41 Å². The van der Waals surface area contributed by atoms with Crippen LogP contribution in [0, 0.1) is 19.8 Å². The first-order valence-corrected chi connectivity index (χ1v) is 13.9. The van der Waals surface area contributed by atoms with Crippen molar-refractivity contribution in [1.29, 1.82) is 0 Å². The van der Waals surface area contributed by atoms with Gasteiger partial charge in [0.1, 0.15) is 0 Å². The number of benzene rings is 4. The Morgan fingerprint density at radius 3 is 2.29 bits per heavy atom. The van der Waals surface area contributed by atoms with Crippen molar-refractivity contribution in [2.24, 2.45) is 5.92 Å². The molecule has 0 amide bonds. The minimum absolute atomic E-state index is 0.120. The van der Waals surface area contributed by atoms with Gasteiger partial charge < -0.3 is 4.90 Å². The van der Waals surface area contributed by atoms with Gasteiger partial charge in [-0.1, -0.05) is 79.6 Å². The Hall–Kier alpha value is -3.91. The molecule has 0 bridgehead atoms. The second-order valence-electron chi connectivity index (χ2n) is 12.2. The molecule has 2 nitrogen and oxygen atoms in total. The summed E-state index contributed by atoms with van der Waals surface area (Å²) in [5, 5.41) is 2.31. The van der Waals surface area contributed by atoms with Crippen molar-refractivity contribution in [2.45, 2.75) is 52.4 Å². The Morgan fingerprint density at radius 2 is 1.58 bits per heavy atom. The highest BCUT2D eigenvalue weighted by atomic mass is 16.1. The van der Waals surface area contributed by atoms with Crippen LogP contribution in [0.4, 0.5) is 17.1 Å². The molecule has 38 heavy (non-hydrogen) atoms. The van der Waals surface area contributed by atoms with Gasteiger partial charge in [-0.25, -0.2) is 0 Å². The Kier molecular flexibility index (Phi) is 4.28. The lowest BCUT2D eigenvalue weighted by Crippen LogP contribution is -2.31. The maximum absolute atomic E-state index is 13.9. The monoisotopic (exact) mass is 493 g/mol. The molecule has 8 rings (SSSR count). The second kappa shape index (κ2) is 7.35. The van der Waals surface area contributed by atoms with Crippen LogP contribution < -0.4 is 4.90 Å². The molecule has 0 saturated carbocycles. The summed E-state index contributed by atoms with van der Waals surface area (Å²) in [4.78, 5) is 16.3. The molecule has 3 aliphatic carbocycles. The Morgan fingerprint density at radius 1 is 0.868 bits per heavy atom. The van der Waals surface area contributed by atoms with Crippen LogP contribution in [0.2, 0.25) is 0 Å². The van der Waals surface area contributed by atoms with Crippen molar-refractivity contribution < 1.29 is 4.79 Å². The number of aryl methyl sites for hydroxylation is 2. The van der Waals surface area contributed by atoms with Gasteiger partial charge in [-0.05, 0) is 79.1 Å². The van der Waals surface area contributed by atoms with Crippen LogP contribution in [0.1, 0.15) is 76.8 Å². The van der Waals surface area contributed by atoms with Crippen LogP contribution in [0.5, 0.6) is 0 Å². The third kappa shape index (κ3) is 2.70. The molecule has 2 heteroatoms. The average Bonchev–Trinajstić information content (AvgIpc) is 2.92. The third-order valence-electron chi connectivity index (χ3n) is 9.48. The van der Waals surface area contributed by atoms with Crippen LogP contribution in [0.3, 0.4) is 0 Å². The van der Waals surface area contributed by atoms with E-state index >= 15 is 0 Å². The lowest BCUT2D eigenvalue weighted by molar-refractivity contribution is 0.103. The SMILES string of the molecule is Cc1ccc2c(c1)C(C)(C)c1cc(C)ccc1N2c1cc2c3c4c(cccc14)C(=O)C1=C3C(C=C2)CCC1. The highest BCUT2D eigenvalue weighted by Crippen LogP contribution is 2.56. The number of fused-ring (bicyclic) bond motifs is 2. The van der Waals surface area contributed by atoms with E-state index in [0.29, 0.717) is 5.92 Å². The molecular weight excluding hydrogens is 462 g/mol. The van der Waals surface area contributed by atoms with Gasteiger partial charge in [0.2, 0.25) is 0 Å². The fraction of sp³-hybridized carbons (Fsp3) is 0.250. The van der Waals surface area contributed by atoms with Crippen molar-refractivity contribution in [1.82, 2.24) is 0 Å². The second-order valence-corrected chi connectivity index (χ2v) is 12.2. The van der Waals surface area contributed by atoms with Crippen LogP contribution in [0.25, 0.3) is 22.4 Å². The summed E-state index contributed by atoms with van der Waals surface area (Å²) in [6.07, 6.45) is 7.79. The van der Waals surface area contributed by atoms with Gasteiger partial charge in [0, 0.05) is 33.2 Å². The third-order valence-corrected chi connectivity index (χ3v) is 9.48. The number of Topliss-reactive ketones (excluding diaryl/α,β-unsaturated/α-hetero) is 1. The quantitative estimate of drug-likeness (QED) is 0.263. The van der Waals surface area contributed by atoms with Crippen molar-refractivity contribution in [3.05, 3.63) is 111 Å². The maximum atomic E-state index is 13.9. The van der Waals surface area contributed by atoms with E-state index in [1.807, 2.05) is 6.07 Å². The zero-order valence-corrected chi connectivity index (χ0v) is 22.5. The molecule has 0 radical (unpaired) electrons. The van der Waals surface area contributed by atoms with Crippen molar-refractivity contribution in [2.75, 3.05) is 4.90 Å². The fourth-order valence-electron chi connectivity index (χ4n) is 7.65. The minimum atomic E-state index is -0.120. The van der Waals surface area contributed by atoms with E-state index in [-0.39, 0.29) is 11.2 Å². The van der Waals surface area contributed by atoms with Gasteiger partial charge in [0.25, 0.3) is 0 Å². The summed E-state index contributed by atoms with van der Waals surface area (Å²) in [7, 11) is 0.